The van der Waals surface area contributed by atoms with E-state index in [0.717, 1.165) is 5.56 Å². The lowest BCUT2D eigenvalue weighted by atomic mass is 10.1. The minimum atomic E-state index is 0.491. The Morgan fingerprint density at radius 2 is 2.00 bits per heavy atom. The van der Waals surface area contributed by atoms with Crippen LogP contribution in [0.25, 0.3) is 6.08 Å². The van der Waals surface area contributed by atoms with E-state index in [1.54, 1.807) is 24.3 Å². The number of benzene rings is 1. The van der Waals surface area contributed by atoms with Gasteiger partial charge in [-0.2, -0.15) is 10.5 Å². The van der Waals surface area contributed by atoms with E-state index >= 15 is 0 Å². The SMILES string of the molecule is N#CC=Cc1cc(Cl)cc(C#N)c1. The molecule has 0 atom stereocenters. The molecule has 0 amide bonds. The minimum Gasteiger partial charge on any atom is -0.193 e. The van der Waals surface area contributed by atoms with Crippen LogP contribution in [0.1, 0.15) is 11.1 Å². The minimum absolute atomic E-state index is 0.491. The quantitative estimate of drug-likeness (QED) is 0.637. The lowest BCUT2D eigenvalue weighted by Gasteiger charge is -1.95. The van der Waals surface area contributed by atoms with Crippen LogP contribution < -0.4 is 0 Å². The molecule has 0 saturated carbocycles. The van der Waals surface area contributed by atoms with Gasteiger partial charge >= 0.3 is 0 Å². The topological polar surface area (TPSA) is 47.6 Å². The number of nitrogens with zero attached hydrogens (tertiary/aromatic N) is 2. The van der Waals surface area contributed by atoms with Gasteiger partial charge in [-0.05, 0) is 29.8 Å². The Bertz CT molecular complexity index is 422. The summed E-state index contributed by atoms with van der Waals surface area (Å²) in [6.45, 7) is 0. The molecule has 62 valence electrons. The van der Waals surface area contributed by atoms with E-state index in [4.69, 9.17) is 22.1 Å². The van der Waals surface area contributed by atoms with Gasteiger partial charge in [-0.1, -0.05) is 11.6 Å². The molecule has 0 spiro atoms. The van der Waals surface area contributed by atoms with Gasteiger partial charge in [0.2, 0.25) is 0 Å². The Morgan fingerprint density at radius 1 is 1.23 bits per heavy atom. The first-order valence-corrected chi connectivity index (χ1v) is 3.91. The third kappa shape index (κ3) is 2.63. The molecule has 0 unspecified atom stereocenters. The Labute approximate surface area is 81.3 Å². The first kappa shape index (κ1) is 9.32. The lowest BCUT2D eigenvalue weighted by molar-refractivity contribution is 1.48. The summed E-state index contributed by atoms with van der Waals surface area (Å²) in [5, 5.41) is 17.4. The number of rotatable bonds is 1. The zero-order valence-corrected chi connectivity index (χ0v) is 7.42. The van der Waals surface area contributed by atoms with E-state index < -0.39 is 0 Å². The van der Waals surface area contributed by atoms with E-state index in [0.29, 0.717) is 10.6 Å². The van der Waals surface area contributed by atoms with E-state index in [2.05, 4.69) is 0 Å². The van der Waals surface area contributed by atoms with Crippen LogP contribution in [0.2, 0.25) is 5.02 Å². The maximum atomic E-state index is 8.61. The predicted molar refractivity (Wildman–Crippen MR) is 50.8 cm³/mol. The maximum absolute atomic E-state index is 8.61. The first-order chi connectivity index (χ1) is 6.26. The molecule has 1 aromatic carbocycles. The maximum Gasteiger partial charge on any atom is 0.0992 e. The Kier molecular flexibility index (Phi) is 3.09. The molecule has 0 radical (unpaired) electrons. The fourth-order valence-corrected chi connectivity index (χ4v) is 1.15. The van der Waals surface area contributed by atoms with Crippen LogP contribution in [0.4, 0.5) is 0 Å². The number of hydrogen-bond donors (Lipinski definition) is 0. The zero-order chi connectivity index (χ0) is 9.68. The van der Waals surface area contributed by atoms with Crippen molar-refractivity contribution in [2.75, 3.05) is 0 Å². The van der Waals surface area contributed by atoms with Crippen LogP contribution in [0.15, 0.2) is 24.3 Å². The van der Waals surface area contributed by atoms with Gasteiger partial charge in [0.25, 0.3) is 0 Å². The predicted octanol–water partition coefficient (Wildman–Crippen LogP) is 2.75. The zero-order valence-electron chi connectivity index (χ0n) is 6.66. The van der Waals surface area contributed by atoms with Crippen LogP contribution in [0, 0.1) is 22.7 Å². The molecular formula is C10H5ClN2. The van der Waals surface area contributed by atoms with Gasteiger partial charge in [0.05, 0.1) is 17.7 Å². The summed E-state index contributed by atoms with van der Waals surface area (Å²) in [5.74, 6) is 0. The summed E-state index contributed by atoms with van der Waals surface area (Å²) in [6, 6.07) is 8.78. The van der Waals surface area contributed by atoms with Crippen molar-refractivity contribution in [3.05, 3.63) is 40.4 Å². The highest BCUT2D eigenvalue weighted by Crippen LogP contribution is 2.15. The first-order valence-electron chi connectivity index (χ1n) is 3.53. The second-order valence-electron chi connectivity index (χ2n) is 2.35. The molecule has 0 fully saturated rings. The largest absolute Gasteiger partial charge is 0.193 e. The van der Waals surface area contributed by atoms with E-state index in [1.165, 1.54) is 6.08 Å². The molecule has 1 rings (SSSR count). The van der Waals surface area contributed by atoms with Crippen LogP contribution in [0.5, 0.6) is 0 Å². The summed E-state index contributed by atoms with van der Waals surface area (Å²) >= 11 is 5.74. The van der Waals surface area contributed by atoms with Crippen molar-refractivity contribution < 1.29 is 0 Å². The van der Waals surface area contributed by atoms with Gasteiger partial charge < -0.3 is 0 Å². The van der Waals surface area contributed by atoms with Crippen LogP contribution >= 0.6 is 11.6 Å². The Balaban J connectivity index is 3.12. The van der Waals surface area contributed by atoms with Crippen molar-refractivity contribution in [2.45, 2.75) is 0 Å². The highest BCUT2D eigenvalue weighted by Gasteiger charge is 1.95. The molecule has 0 aromatic heterocycles. The highest BCUT2D eigenvalue weighted by molar-refractivity contribution is 6.30. The molecule has 0 heterocycles. The molecule has 0 saturated heterocycles. The number of nitriles is 2. The van der Waals surface area contributed by atoms with Crippen molar-refractivity contribution in [3.8, 4) is 12.1 Å². The average molecular weight is 189 g/mol. The van der Waals surface area contributed by atoms with Gasteiger partial charge in [0.15, 0.2) is 0 Å². The fourth-order valence-electron chi connectivity index (χ4n) is 0.907. The molecule has 2 nitrogen and oxygen atoms in total. The molecule has 0 aliphatic rings. The van der Waals surface area contributed by atoms with Crippen molar-refractivity contribution >= 4 is 17.7 Å². The molecule has 13 heavy (non-hydrogen) atoms. The van der Waals surface area contributed by atoms with Crippen molar-refractivity contribution in [2.24, 2.45) is 0 Å². The third-order valence-corrected chi connectivity index (χ3v) is 1.62. The summed E-state index contributed by atoms with van der Waals surface area (Å²) in [7, 11) is 0. The smallest absolute Gasteiger partial charge is 0.0992 e. The molecule has 0 bridgehead atoms. The van der Waals surface area contributed by atoms with Crippen LogP contribution in [0.3, 0.4) is 0 Å². The van der Waals surface area contributed by atoms with Gasteiger partial charge in [-0.25, -0.2) is 0 Å². The number of hydrogen-bond acceptors (Lipinski definition) is 2. The van der Waals surface area contributed by atoms with Gasteiger partial charge in [0.1, 0.15) is 0 Å². The summed E-state index contributed by atoms with van der Waals surface area (Å²) in [4.78, 5) is 0. The molecule has 0 aliphatic carbocycles. The van der Waals surface area contributed by atoms with Crippen molar-refractivity contribution in [3.63, 3.8) is 0 Å². The highest BCUT2D eigenvalue weighted by atomic mass is 35.5. The van der Waals surface area contributed by atoms with Crippen molar-refractivity contribution in [1.82, 2.24) is 0 Å². The summed E-state index contributed by atoms with van der Waals surface area (Å²) in [6.07, 6.45) is 2.94. The van der Waals surface area contributed by atoms with Crippen LogP contribution in [-0.4, -0.2) is 0 Å². The molecule has 1 aromatic rings. The molecule has 0 aliphatic heterocycles. The molecule has 3 heteroatoms. The number of halogens is 1. The number of allylic oxidation sites excluding steroid dienone is 1. The fraction of sp³-hybridized carbons (Fsp3) is 0. The molecule has 0 N–H and O–H groups in total. The Hall–Kier alpha value is -1.77. The average Bonchev–Trinajstić information content (AvgIpc) is 2.14. The van der Waals surface area contributed by atoms with Gasteiger partial charge in [0, 0.05) is 11.1 Å². The Morgan fingerprint density at radius 3 is 2.62 bits per heavy atom. The van der Waals surface area contributed by atoms with E-state index in [1.807, 2.05) is 12.1 Å². The van der Waals surface area contributed by atoms with E-state index in [9.17, 15) is 0 Å². The second-order valence-corrected chi connectivity index (χ2v) is 2.78. The summed E-state index contributed by atoms with van der Waals surface area (Å²) in [5.41, 5.74) is 1.25. The summed E-state index contributed by atoms with van der Waals surface area (Å²) < 4.78 is 0. The third-order valence-electron chi connectivity index (χ3n) is 1.40. The van der Waals surface area contributed by atoms with Gasteiger partial charge in [-0.15, -0.1) is 0 Å². The monoisotopic (exact) mass is 188 g/mol. The second kappa shape index (κ2) is 4.30. The van der Waals surface area contributed by atoms with Crippen molar-refractivity contribution in [1.29, 1.82) is 10.5 Å². The molecular weight excluding hydrogens is 184 g/mol. The lowest BCUT2D eigenvalue weighted by Crippen LogP contribution is -1.77. The van der Waals surface area contributed by atoms with Gasteiger partial charge in [-0.3, -0.25) is 0 Å². The normalized spacial score (nSPS) is 9.46. The van der Waals surface area contributed by atoms with E-state index in [-0.39, 0.29) is 0 Å². The standard InChI is InChI=1S/C10H5ClN2/c11-10-5-8(2-1-3-12)4-9(6-10)7-13/h1-2,4-6H. The van der Waals surface area contributed by atoms with Crippen LogP contribution in [-0.2, 0) is 0 Å².